The third-order valence-electron chi connectivity index (χ3n) is 4.82. The second-order valence-electron chi connectivity index (χ2n) is 6.96. The highest BCUT2D eigenvalue weighted by molar-refractivity contribution is 7.98. The minimum atomic E-state index is -0.903. The summed E-state index contributed by atoms with van der Waals surface area (Å²) in [6.45, 7) is 2.94. The second-order valence-corrected chi connectivity index (χ2v) is 8.35. The number of nitrogens with zero attached hydrogens (tertiary/aromatic N) is 2. The number of thioether (sulfide) groups is 1. The average molecular weight is 486 g/mol. The first kappa shape index (κ1) is 25.8. The fraction of sp³-hybridized carbons (Fsp3) is 0.524. The number of hydrogen-bond acceptors (Lipinski definition) is 7. The Labute approximate surface area is 196 Å². The third kappa shape index (κ3) is 7.59. The van der Waals surface area contributed by atoms with Gasteiger partial charge in [0, 0.05) is 26.2 Å². The number of carbonyl (C=O) groups is 4. The average Bonchev–Trinajstić information content (AvgIpc) is 2.80. The summed E-state index contributed by atoms with van der Waals surface area (Å²) in [4.78, 5) is 52.4. The van der Waals surface area contributed by atoms with E-state index in [0.29, 0.717) is 45.0 Å². The van der Waals surface area contributed by atoms with Gasteiger partial charge in [-0.2, -0.15) is 11.8 Å². The molecule has 1 aliphatic rings. The van der Waals surface area contributed by atoms with Crippen LogP contribution in [-0.4, -0.2) is 91.1 Å². The van der Waals surface area contributed by atoms with Gasteiger partial charge in [0.15, 0.2) is 6.61 Å². The lowest BCUT2D eigenvalue weighted by Crippen LogP contribution is -2.52. The third-order valence-corrected chi connectivity index (χ3v) is 5.79. The number of benzene rings is 1. The van der Waals surface area contributed by atoms with Crippen LogP contribution in [0.5, 0.6) is 0 Å². The predicted molar refractivity (Wildman–Crippen MR) is 122 cm³/mol. The SMILES string of the molecule is CCOC(=O)N1CCN(C(=O)COC(=O)C(CCSC)NC(=O)c2ccccc2Cl)CC1. The van der Waals surface area contributed by atoms with E-state index in [0.717, 1.165) is 0 Å². The summed E-state index contributed by atoms with van der Waals surface area (Å²) in [5, 5.41) is 2.92. The van der Waals surface area contributed by atoms with Crippen molar-refractivity contribution in [3.8, 4) is 0 Å². The van der Waals surface area contributed by atoms with Crippen LogP contribution in [0.2, 0.25) is 5.02 Å². The van der Waals surface area contributed by atoms with Crippen LogP contribution in [0.4, 0.5) is 4.79 Å². The largest absolute Gasteiger partial charge is 0.454 e. The summed E-state index contributed by atoms with van der Waals surface area (Å²) < 4.78 is 10.2. The zero-order valence-electron chi connectivity index (χ0n) is 18.2. The molecule has 1 unspecified atom stereocenters. The fourth-order valence-electron chi connectivity index (χ4n) is 3.04. The number of hydrogen-bond donors (Lipinski definition) is 1. The molecular formula is C21H28ClN3O6S. The van der Waals surface area contributed by atoms with E-state index in [1.807, 2.05) is 6.26 Å². The van der Waals surface area contributed by atoms with Crippen molar-refractivity contribution in [1.29, 1.82) is 0 Å². The van der Waals surface area contributed by atoms with E-state index in [-0.39, 0.29) is 16.5 Å². The monoisotopic (exact) mass is 485 g/mol. The Morgan fingerprint density at radius 3 is 2.38 bits per heavy atom. The molecule has 9 nitrogen and oxygen atoms in total. The van der Waals surface area contributed by atoms with Crippen molar-refractivity contribution in [2.24, 2.45) is 0 Å². The standard InChI is InChI=1S/C21H28ClN3O6S/c1-3-30-21(29)25-11-9-24(10-12-25)18(26)14-31-20(28)17(8-13-32-2)23-19(27)15-6-4-5-7-16(15)22/h4-7,17H,3,8-14H2,1-2H3,(H,23,27). The Kier molecular flexibility index (Phi) is 10.6. The summed E-state index contributed by atoms with van der Waals surface area (Å²) in [5.41, 5.74) is 0.256. The molecule has 0 radical (unpaired) electrons. The molecule has 1 atom stereocenters. The van der Waals surface area contributed by atoms with Crippen LogP contribution in [0.25, 0.3) is 0 Å². The van der Waals surface area contributed by atoms with E-state index < -0.39 is 30.6 Å². The second kappa shape index (κ2) is 13.2. The van der Waals surface area contributed by atoms with Gasteiger partial charge in [-0.1, -0.05) is 23.7 Å². The van der Waals surface area contributed by atoms with Gasteiger partial charge in [0.05, 0.1) is 17.2 Å². The van der Waals surface area contributed by atoms with Crippen LogP contribution < -0.4 is 5.32 Å². The Balaban J connectivity index is 1.87. The maximum atomic E-state index is 12.6. The number of esters is 1. The van der Waals surface area contributed by atoms with Crippen LogP contribution in [0.1, 0.15) is 23.7 Å². The predicted octanol–water partition coefficient (Wildman–Crippen LogP) is 2.04. The molecule has 0 saturated carbocycles. The summed E-state index contributed by atoms with van der Waals surface area (Å²) in [6.07, 6.45) is 1.83. The van der Waals surface area contributed by atoms with E-state index >= 15 is 0 Å². The zero-order chi connectivity index (χ0) is 23.5. The number of ether oxygens (including phenoxy) is 2. The number of amides is 3. The molecule has 2 rings (SSSR count). The molecule has 1 N–H and O–H groups in total. The summed E-state index contributed by atoms with van der Waals surface area (Å²) in [7, 11) is 0. The minimum Gasteiger partial charge on any atom is -0.454 e. The molecule has 32 heavy (non-hydrogen) atoms. The van der Waals surface area contributed by atoms with Crippen LogP contribution in [0.15, 0.2) is 24.3 Å². The molecule has 0 aromatic heterocycles. The van der Waals surface area contributed by atoms with Gasteiger partial charge in [-0.15, -0.1) is 0 Å². The number of rotatable bonds is 9. The van der Waals surface area contributed by atoms with Crippen LogP contribution >= 0.6 is 23.4 Å². The summed E-state index contributed by atoms with van der Waals surface area (Å²) in [6, 6.07) is 5.63. The van der Waals surface area contributed by atoms with Crippen molar-refractivity contribution in [3.05, 3.63) is 34.9 Å². The van der Waals surface area contributed by atoms with E-state index in [1.165, 1.54) is 21.6 Å². The molecule has 0 aliphatic carbocycles. The Morgan fingerprint density at radius 2 is 1.75 bits per heavy atom. The molecule has 1 aliphatic heterocycles. The minimum absolute atomic E-state index is 0.256. The molecule has 1 fully saturated rings. The fourth-order valence-corrected chi connectivity index (χ4v) is 3.74. The number of carbonyl (C=O) groups excluding carboxylic acids is 4. The summed E-state index contributed by atoms with van der Waals surface area (Å²) >= 11 is 7.58. The topological polar surface area (TPSA) is 105 Å². The normalized spacial score (nSPS) is 14.5. The van der Waals surface area contributed by atoms with Gasteiger partial charge in [-0.25, -0.2) is 9.59 Å². The first-order valence-electron chi connectivity index (χ1n) is 10.3. The van der Waals surface area contributed by atoms with Gasteiger partial charge in [-0.3, -0.25) is 9.59 Å². The quantitative estimate of drug-likeness (QED) is 0.533. The lowest BCUT2D eigenvalue weighted by atomic mass is 10.1. The summed E-state index contributed by atoms with van der Waals surface area (Å²) in [5.74, 6) is -0.910. The van der Waals surface area contributed by atoms with Gasteiger partial charge in [0.1, 0.15) is 6.04 Å². The Bertz CT molecular complexity index is 816. The highest BCUT2D eigenvalue weighted by atomic mass is 35.5. The van der Waals surface area contributed by atoms with Gasteiger partial charge >= 0.3 is 12.1 Å². The van der Waals surface area contributed by atoms with E-state index in [2.05, 4.69) is 5.32 Å². The smallest absolute Gasteiger partial charge is 0.409 e. The van der Waals surface area contributed by atoms with Crippen molar-refractivity contribution < 1.29 is 28.7 Å². The molecule has 11 heteroatoms. The van der Waals surface area contributed by atoms with Crippen molar-refractivity contribution in [2.45, 2.75) is 19.4 Å². The van der Waals surface area contributed by atoms with Crippen molar-refractivity contribution in [3.63, 3.8) is 0 Å². The first-order valence-corrected chi connectivity index (χ1v) is 12.0. The molecule has 1 saturated heterocycles. The number of nitrogens with one attached hydrogen (secondary N) is 1. The Morgan fingerprint density at radius 1 is 1.09 bits per heavy atom. The molecular weight excluding hydrogens is 458 g/mol. The number of piperazine rings is 1. The molecule has 0 bridgehead atoms. The van der Waals surface area contributed by atoms with Crippen LogP contribution in [0.3, 0.4) is 0 Å². The highest BCUT2D eigenvalue weighted by Crippen LogP contribution is 2.15. The number of halogens is 1. The maximum Gasteiger partial charge on any atom is 0.409 e. The zero-order valence-corrected chi connectivity index (χ0v) is 19.7. The van der Waals surface area contributed by atoms with Crippen LogP contribution in [0, 0.1) is 0 Å². The highest BCUT2D eigenvalue weighted by Gasteiger charge is 2.27. The Hall–Kier alpha value is -2.46. The van der Waals surface area contributed by atoms with Crippen molar-refractivity contribution in [2.75, 3.05) is 51.4 Å². The van der Waals surface area contributed by atoms with Gasteiger partial charge < -0.3 is 24.6 Å². The van der Waals surface area contributed by atoms with Gasteiger partial charge in [0.2, 0.25) is 0 Å². The first-order chi connectivity index (χ1) is 15.4. The molecule has 1 aromatic carbocycles. The van der Waals surface area contributed by atoms with Crippen molar-refractivity contribution >= 4 is 47.2 Å². The van der Waals surface area contributed by atoms with Gasteiger partial charge in [-0.05, 0) is 37.5 Å². The maximum absolute atomic E-state index is 12.6. The van der Waals surface area contributed by atoms with E-state index in [4.69, 9.17) is 21.1 Å². The van der Waals surface area contributed by atoms with Crippen molar-refractivity contribution in [1.82, 2.24) is 15.1 Å². The molecule has 0 spiro atoms. The van der Waals surface area contributed by atoms with Crippen LogP contribution in [-0.2, 0) is 19.1 Å². The molecule has 176 valence electrons. The van der Waals surface area contributed by atoms with E-state index in [1.54, 1.807) is 31.2 Å². The molecule has 1 heterocycles. The lowest BCUT2D eigenvalue weighted by molar-refractivity contribution is -0.154. The van der Waals surface area contributed by atoms with Gasteiger partial charge in [0.25, 0.3) is 11.8 Å². The molecule has 1 aromatic rings. The van der Waals surface area contributed by atoms with E-state index in [9.17, 15) is 19.2 Å². The molecule has 3 amide bonds. The lowest BCUT2D eigenvalue weighted by Gasteiger charge is -2.34.